The zero-order chi connectivity index (χ0) is 13.4. The van der Waals surface area contributed by atoms with E-state index in [9.17, 15) is 13.6 Å². The highest BCUT2D eigenvalue weighted by molar-refractivity contribution is 6.02. The van der Waals surface area contributed by atoms with E-state index < -0.39 is 11.6 Å². The summed E-state index contributed by atoms with van der Waals surface area (Å²) in [6.07, 6.45) is 0.849. The summed E-state index contributed by atoms with van der Waals surface area (Å²) in [5.74, 6) is -1.96. The van der Waals surface area contributed by atoms with E-state index in [1.54, 1.807) is 6.07 Å². The first-order chi connectivity index (χ1) is 9.16. The van der Waals surface area contributed by atoms with Crippen LogP contribution in [0.2, 0.25) is 0 Å². The third-order valence-corrected chi connectivity index (χ3v) is 3.62. The monoisotopic (exact) mass is 258 g/mol. The van der Waals surface area contributed by atoms with E-state index in [4.69, 9.17) is 0 Å². The Kier molecular flexibility index (Phi) is 2.90. The lowest BCUT2D eigenvalue weighted by Crippen LogP contribution is -2.13. The van der Waals surface area contributed by atoms with E-state index in [1.165, 1.54) is 12.1 Å². The molecule has 0 spiro atoms. The number of carbonyl (C=O) groups is 1. The third-order valence-electron chi connectivity index (χ3n) is 3.62. The van der Waals surface area contributed by atoms with E-state index in [1.807, 2.05) is 18.2 Å². The summed E-state index contributed by atoms with van der Waals surface area (Å²) >= 11 is 0. The summed E-state index contributed by atoms with van der Waals surface area (Å²) in [4.78, 5) is 12.2. The highest BCUT2D eigenvalue weighted by atomic mass is 19.2. The van der Waals surface area contributed by atoms with Crippen LogP contribution >= 0.6 is 0 Å². The molecule has 0 radical (unpaired) electrons. The Morgan fingerprint density at radius 3 is 2.63 bits per heavy atom. The van der Waals surface area contributed by atoms with Gasteiger partial charge in [-0.05, 0) is 30.0 Å². The van der Waals surface area contributed by atoms with Gasteiger partial charge in [0.15, 0.2) is 17.4 Å². The van der Waals surface area contributed by atoms with Gasteiger partial charge in [0.1, 0.15) is 0 Å². The van der Waals surface area contributed by atoms with Gasteiger partial charge in [-0.1, -0.05) is 36.4 Å². The van der Waals surface area contributed by atoms with Gasteiger partial charge in [0.05, 0.1) is 0 Å². The van der Waals surface area contributed by atoms with Crippen LogP contribution in [-0.4, -0.2) is 5.78 Å². The van der Waals surface area contributed by atoms with Crippen LogP contribution in [-0.2, 0) is 12.8 Å². The van der Waals surface area contributed by atoms with Gasteiger partial charge < -0.3 is 0 Å². The first-order valence-corrected chi connectivity index (χ1v) is 6.22. The van der Waals surface area contributed by atoms with Gasteiger partial charge in [-0.3, -0.25) is 4.79 Å². The summed E-state index contributed by atoms with van der Waals surface area (Å²) < 4.78 is 26.8. The summed E-state index contributed by atoms with van der Waals surface area (Å²) in [5, 5.41) is 0. The Balaban J connectivity index is 1.87. The summed E-state index contributed by atoms with van der Waals surface area (Å²) in [7, 11) is 0. The van der Waals surface area contributed by atoms with Gasteiger partial charge in [-0.2, -0.15) is 0 Å². The highest BCUT2D eigenvalue weighted by Crippen LogP contribution is 2.29. The number of Topliss-reactive ketones (excluding diaryl/α,β-unsaturated/α-hetero) is 1. The SMILES string of the molecule is O=C1c2ccccc2CC1Cc1cccc(F)c1F. The van der Waals surface area contributed by atoms with E-state index in [0.29, 0.717) is 12.0 Å². The molecule has 0 amide bonds. The largest absolute Gasteiger partial charge is 0.294 e. The average molecular weight is 258 g/mol. The van der Waals surface area contributed by atoms with Crippen molar-refractivity contribution in [3.8, 4) is 0 Å². The van der Waals surface area contributed by atoms with Crippen LogP contribution in [0.15, 0.2) is 42.5 Å². The predicted octanol–water partition coefficient (Wildman–Crippen LogP) is 3.56. The van der Waals surface area contributed by atoms with Gasteiger partial charge in [-0.15, -0.1) is 0 Å². The molecule has 3 rings (SSSR count). The third kappa shape index (κ3) is 2.05. The van der Waals surface area contributed by atoms with Crippen LogP contribution in [0.3, 0.4) is 0 Å². The first kappa shape index (κ1) is 12.0. The number of fused-ring (bicyclic) bond motifs is 1. The molecule has 1 atom stereocenters. The summed E-state index contributed by atoms with van der Waals surface area (Å²) in [5.41, 5.74) is 1.98. The molecule has 2 aromatic rings. The summed E-state index contributed by atoms with van der Waals surface area (Å²) in [6, 6.07) is 11.5. The molecule has 3 heteroatoms. The van der Waals surface area contributed by atoms with E-state index in [2.05, 4.69) is 0 Å². The van der Waals surface area contributed by atoms with Crippen molar-refractivity contribution in [3.05, 3.63) is 70.8 Å². The molecule has 19 heavy (non-hydrogen) atoms. The molecular weight excluding hydrogens is 246 g/mol. The minimum atomic E-state index is -0.861. The molecule has 2 aromatic carbocycles. The van der Waals surface area contributed by atoms with Crippen LogP contribution in [0, 0.1) is 17.6 Å². The molecule has 0 saturated heterocycles. The normalized spacial score (nSPS) is 17.6. The number of benzene rings is 2. The quantitative estimate of drug-likeness (QED) is 0.805. The van der Waals surface area contributed by atoms with E-state index in [-0.39, 0.29) is 23.7 Å². The lowest BCUT2D eigenvalue weighted by molar-refractivity contribution is 0.0935. The molecule has 0 N–H and O–H groups in total. The molecule has 0 heterocycles. The van der Waals surface area contributed by atoms with Gasteiger partial charge in [-0.25, -0.2) is 8.78 Å². The second-order valence-electron chi connectivity index (χ2n) is 4.84. The van der Waals surface area contributed by atoms with Crippen molar-refractivity contribution in [2.45, 2.75) is 12.8 Å². The molecule has 0 aromatic heterocycles. The smallest absolute Gasteiger partial charge is 0.166 e. The Labute approximate surface area is 109 Å². The second-order valence-corrected chi connectivity index (χ2v) is 4.84. The van der Waals surface area contributed by atoms with Crippen LogP contribution in [0.1, 0.15) is 21.5 Å². The molecule has 1 aliphatic carbocycles. The fourth-order valence-electron chi connectivity index (χ4n) is 2.65. The van der Waals surface area contributed by atoms with Crippen LogP contribution in [0.5, 0.6) is 0 Å². The minimum Gasteiger partial charge on any atom is -0.294 e. The number of hydrogen-bond acceptors (Lipinski definition) is 1. The average Bonchev–Trinajstić information content (AvgIpc) is 2.73. The molecule has 96 valence electrons. The topological polar surface area (TPSA) is 17.1 Å². The fraction of sp³-hybridized carbons (Fsp3) is 0.188. The van der Waals surface area contributed by atoms with Crippen molar-refractivity contribution in [2.75, 3.05) is 0 Å². The Bertz CT molecular complexity index is 649. The number of halogens is 2. The van der Waals surface area contributed by atoms with Gasteiger partial charge in [0.25, 0.3) is 0 Å². The summed E-state index contributed by atoms with van der Waals surface area (Å²) in [6.45, 7) is 0. The molecule has 0 aliphatic heterocycles. The maximum atomic E-state index is 13.6. The molecule has 1 nitrogen and oxygen atoms in total. The van der Waals surface area contributed by atoms with Gasteiger partial charge in [0, 0.05) is 11.5 Å². The number of hydrogen-bond donors (Lipinski definition) is 0. The molecular formula is C16H12F2O. The van der Waals surface area contributed by atoms with Gasteiger partial charge >= 0.3 is 0 Å². The number of carbonyl (C=O) groups excluding carboxylic acids is 1. The Hall–Kier alpha value is -2.03. The standard InChI is InChI=1S/C16H12F2O/c17-14-7-3-5-11(15(14)18)9-12-8-10-4-1-2-6-13(10)16(12)19/h1-7,12H,8-9H2. The van der Waals surface area contributed by atoms with E-state index in [0.717, 1.165) is 11.6 Å². The van der Waals surface area contributed by atoms with Crippen molar-refractivity contribution in [1.29, 1.82) is 0 Å². The van der Waals surface area contributed by atoms with Crippen LogP contribution in [0.4, 0.5) is 8.78 Å². The number of rotatable bonds is 2. The zero-order valence-corrected chi connectivity index (χ0v) is 10.2. The van der Waals surface area contributed by atoms with Crippen molar-refractivity contribution in [2.24, 2.45) is 5.92 Å². The highest BCUT2D eigenvalue weighted by Gasteiger charge is 2.30. The van der Waals surface area contributed by atoms with E-state index >= 15 is 0 Å². The van der Waals surface area contributed by atoms with Crippen molar-refractivity contribution in [3.63, 3.8) is 0 Å². The lowest BCUT2D eigenvalue weighted by atomic mass is 9.95. The van der Waals surface area contributed by atoms with Crippen LogP contribution in [0.25, 0.3) is 0 Å². The maximum Gasteiger partial charge on any atom is 0.166 e. The molecule has 1 unspecified atom stereocenters. The van der Waals surface area contributed by atoms with Crippen LogP contribution < -0.4 is 0 Å². The molecule has 0 fully saturated rings. The number of ketones is 1. The minimum absolute atomic E-state index is 0.0271. The Morgan fingerprint density at radius 1 is 1.05 bits per heavy atom. The first-order valence-electron chi connectivity index (χ1n) is 6.22. The van der Waals surface area contributed by atoms with Gasteiger partial charge in [0.2, 0.25) is 0 Å². The second kappa shape index (κ2) is 4.57. The fourth-order valence-corrected chi connectivity index (χ4v) is 2.65. The molecule has 0 saturated carbocycles. The molecule has 1 aliphatic rings. The van der Waals surface area contributed by atoms with Crippen molar-refractivity contribution < 1.29 is 13.6 Å². The maximum absolute atomic E-state index is 13.6. The van der Waals surface area contributed by atoms with Crippen molar-refractivity contribution >= 4 is 5.78 Å². The predicted molar refractivity (Wildman–Crippen MR) is 68.0 cm³/mol. The Morgan fingerprint density at radius 2 is 1.84 bits per heavy atom. The lowest BCUT2D eigenvalue weighted by Gasteiger charge is -2.09. The zero-order valence-electron chi connectivity index (χ0n) is 10.2. The molecule has 0 bridgehead atoms. The van der Waals surface area contributed by atoms with Crippen molar-refractivity contribution in [1.82, 2.24) is 0 Å².